The molecule has 76 valence electrons. The predicted octanol–water partition coefficient (Wildman–Crippen LogP) is 0.927. The van der Waals surface area contributed by atoms with Gasteiger partial charge in [0.05, 0.1) is 13.0 Å². The van der Waals surface area contributed by atoms with Crippen LogP contribution in [0.15, 0.2) is 6.20 Å². The Labute approximate surface area is 82.9 Å². The second-order valence-electron chi connectivity index (χ2n) is 3.66. The Balaban J connectivity index is 2.18. The maximum absolute atomic E-state index is 11.3. The molecule has 14 heavy (non-hydrogen) atoms. The number of esters is 1. The van der Waals surface area contributed by atoms with Gasteiger partial charge >= 0.3 is 5.97 Å². The average molecular weight is 194 g/mol. The van der Waals surface area contributed by atoms with Crippen molar-refractivity contribution in [2.75, 3.05) is 7.11 Å². The van der Waals surface area contributed by atoms with Gasteiger partial charge in [-0.05, 0) is 13.3 Å². The van der Waals surface area contributed by atoms with E-state index in [1.54, 1.807) is 0 Å². The number of aromatic nitrogens is 2. The number of aryl methyl sites for hydroxylation is 1. The fourth-order valence-corrected chi connectivity index (χ4v) is 1.99. The smallest absolute Gasteiger partial charge is 0.309 e. The van der Waals surface area contributed by atoms with E-state index >= 15 is 0 Å². The Bertz CT molecular complexity index is 357. The number of rotatable bonds is 1. The molecule has 4 nitrogen and oxygen atoms in total. The number of nitrogens with zero attached hydrogens (tertiary/aromatic N) is 2. The Kier molecular flexibility index (Phi) is 2.27. The molecule has 0 amide bonds. The summed E-state index contributed by atoms with van der Waals surface area (Å²) in [7, 11) is 1.44. The van der Waals surface area contributed by atoms with E-state index in [0.29, 0.717) is 0 Å². The van der Waals surface area contributed by atoms with E-state index in [1.165, 1.54) is 7.11 Å². The summed E-state index contributed by atoms with van der Waals surface area (Å²) < 4.78 is 6.91. The van der Waals surface area contributed by atoms with Crippen LogP contribution in [-0.2, 0) is 22.5 Å². The topological polar surface area (TPSA) is 44.1 Å². The Morgan fingerprint density at radius 3 is 3.21 bits per heavy atom. The van der Waals surface area contributed by atoms with Crippen LogP contribution in [0.2, 0.25) is 0 Å². The van der Waals surface area contributed by atoms with Gasteiger partial charge in [0.15, 0.2) is 0 Å². The lowest BCUT2D eigenvalue weighted by atomic mass is 9.96. The van der Waals surface area contributed by atoms with Gasteiger partial charge < -0.3 is 9.30 Å². The molecule has 0 fully saturated rings. The molecule has 1 aliphatic heterocycles. The third-order valence-corrected chi connectivity index (χ3v) is 2.83. The summed E-state index contributed by atoms with van der Waals surface area (Å²) in [5.74, 6) is 0.946. The highest BCUT2D eigenvalue weighted by Crippen LogP contribution is 2.22. The van der Waals surface area contributed by atoms with Gasteiger partial charge in [0, 0.05) is 24.9 Å². The molecule has 1 aliphatic rings. The van der Waals surface area contributed by atoms with Crippen LogP contribution in [0.5, 0.6) is 0 Å². The summed E-state index contributed by atoms with van der Waals surface area (Å²) in [5.41, 5.74) is 1.14. The largest absolute Gasteiger partial charge is 0.469 e. The highest BCUT2D eigenvalue weighted by atomic mass is 16.5. The van der Waals surface area contributed by atoms with E-state index in [0.717, 1.165) is 30.9 Å². The van der Waals surface area contributed by atoms with Gasteiger partial charge in [0.2, 0.25) is 0 Å². The Hall–Kier alpha value is -1.32. The first kappa shape index (κ1) is 9.24. The van der Waals surface area contributed by atoms with Crippen LogP contribution in [-0.4, -0.2) is 22.6 Å². The van der Waals surface area contributed by atoms with Gasteiger partial charge in [0.1, 0.15) is 5.82 Å². The van der Waals surface area contributed by atoms with Crippen LogP contribution in [0.4, 0.5) is 0 Å². The third-order valence-electron chi connectivity index (χ3n) is 2.83. The highest BCUT2D eigenvalue weighted by Gasteiger charge is 2.26. The molecule has 0 saturated carbocycles. The molecule has 0 aromatic carbocycles. The summed E-state index contributed by atoms with van der Waals surface area (Å²) in [6, 6.07) is 0. The molecule has 1 aromatic heterocycles. The molecule has 1 atom stereocenters. The quantitative estimate of drug-likeness (QED) is 0.624. The predicted molar refractivity (Wildman–Crippen MR) is 50.8 cm³/mol. The minimum absolute atomic E-state index is 0.0172. The van der Waals surface area contributed by atoms with Crippen LogP contribution in [0.3, 0.4) is 0 Å². The van der Waals surface area contributed by atoms with E-state index in [2.05, 4.69) is 9.55 Å². The first-order valence-corrected chi connectivity index (χ1v) is 4.81. The van der Waals surface area contributed by atoms with Gasteiger partial charge in [0.25, 0.3) is 0 Å². The molecule has 2 heterocycles. The lowest BCUT2D eigenvalue weighted by molar-refractivity contribution is -0.146. The van der Waals surface area contributed by atoms with E-state index < -0.39 is 0 Å². The lowest BCUT2D eigenvalue weighted by Gasteiger charge is -2.22. The van der Waals surface area contributed by atoms with Gasteiger partial charge in [-0.25, -0.2) is 4.98 Å². The van der Waals surface area contributed by atoms with E-state index in [1.807, 2.05) is 13.1 Å². The van der Waals surface area contributed by atoms with Crippen molar-refractivity contribution in [1.82, 2.24) is 9.55 Å². The van der Waals surface area contributed by atoms with Gasteiger partial charge in [-0.2, -0.15) is 0 Å². The zero-order chi connectivity index (χ0) is 10.1. The van der Waals surface area contributed by atoms with Crippen molar-refractivity contribution in [2.45, 2.75) is 26.3 Å². The number of carbonyl (C=O) groups excluding carboxylic acids is 1. The van der Waals surface area contributed by atoms with Crippen LogP contribution in [0.25, 0.3) is 0 Å². The molecule has 0 N–H and O–H groups in total. The van der Waals surface area contributed by atoms with Crippen molar-refractivity contribution in [3.05, 3.63) is 17.7 Å². The maximum Gasteiger partial charge on any atom is 0.309 e. The van der Waals surface area contributed by atoms with Gasteiger partial charge in [-0.15, -0.1) is 0 Å². The first-order chi connectivity index (χ1) is 6.72. The summed E-state index contributed by atoms with van der Waals surface area (Å²) in [5, 5.41) is 0. The number of hydrogen-bond donors (Lipinski definition) is 0. The second kappa shape index (κ2) is 3.44. The summed E-state index contributed by atoms with van der Waals surface area (Å²) in [4.78, 5) is 15.6. The number of methoxy groups -OCH3 is 1. The molecular weight excluding hydrogens is 180 g/mol. The van der Waals surface area contributed by atoms with Crippen molar-refractivity contribution in [2.24, 2.45) is 5.92 Å². The fraction of sp³-hybridized carbons (Fsp3) is 0.600. The number of imidazole rings is 1. The van der Waals surface area contributed by atoms with Crippen LogP contribution in [0, 0.1) is 12.8 Å². The van der Waals surface area contributed by atoms with Crippen LogP contribution >= 0.6 is 0 Å². The monoisotopic (exact) mass is 194 g/mol. The molecule has 0 spiro atoms. The molecule has 4 heteroatoms. The third kappa shape index (κ3) is 1.41. The van der Waals surface area contributed by atoms with Crippen molar-refractivity contribution < 1.29 is 9.53 Å². The highest BCUT2D eigenvalue weighted by molar-refractivity contribution is 5.72. The second-order valence-corrected chi connectivity index (χ2v) is 3.66. The summed E-state index contributed by atoms with van der Waals surface area (Å²) in [6.07, 6.45) is 3.47. The normalized spacial score (nSPS) is 20.3. The van der Waals surface area contributed by atoms with Crippen LogP contribution in [0.1, 0.15) is 17.9 Å². The molecule has 1 unspecified atom stereocenters. The first-order valence-electron chi connectivity index (χ1n) is 4.81. The van der Waals surface area contributed by atoms with Gasteiger partial charge in [-0.3, -0.25) is 4.79 Å². The van der Waals surface area contributed by atoms with E-state index in [9.17, 15) is 4.79 Å². The minimum atomic E-state index is -0.102. The SMILES string of the molecule is COC(=O)C1CCn2c(cnc2C)C1. The van der Waals surface area contributed by atoms with E-state index in [-0.39, 0.29) is 11.9 Å². The van der Waals surface area contributed by atoms with Crippen molar-refractivity contribution in [3.63, 3.8) is 0 Å². The molecule has 2 rings (SSSR count). The molecule has 1 aromatic rings. The number of carbonyl (C=O) groups is 1. The Morgan fingerprint density at radius 2 is 2.50 bits per heavy atom. The number of hydrogen-bond acceptors (Lipinski definition) is 3. The lowest BCUT2D eigenvalue weighted by Crippen LogP contribution is -2.26. The van der Waals surface area contributed by atoms with Crippen molar-refractivity contribution in [1.29, 1.82) is 0 Å². The molecule has 0 aliphatic carbocycles. The van der Waals surface area contributed by atoms with E-state index in [4.69, 9.17) is 4.74 Å². The molecule has 0 saturated heterocycles. The molecular formula is C10H14N2O2. The summed E-state index contributed by atoms with van der Waals surface area (Å²) >= 11 is 0. The Morgan fingerprint density at radius 1 is 1.71 bits per heavy atom. The molecule has 0 radical (unpaired) electrons. The fourth-order valence-electron chi connectivity index (χ4n) is 1.99. The summed E-state index contributed by atoms with van der Waals surface area (Å²) in [6.45, 7) is 2.86. The zero-order valence-electron chi connectivity index (χ0n) is 8.49. The van der Waals surface area contributed by atoms with Crippen molar-refractivity contribution >= 4 is 5.97 Å². The standard InChI is InChI=1S/C10H14N2O2/c1-7-11-6-9-5-8(10(13)14-2)3-4-12(7)9/h6,8H,3-5H2,1-2H3. The minimum Gasteiger partial charge on any atom is -0.469 e. The zero-order valence-corrected chi connectivity index (χ0v) is 8.49. The maximum atomic E-state index is 11.3. The average Bonchev–Trinajstić information content (AvgIpc) is 2.59. The van der Waals surface area contributed by atoms with Crippen LogP contribution < -0.4 is 0 Å². The van der Waals surface area contributed by atoms with Crippen molar-refractivity contribution in [3.8, 4) is 0 Å². The van der Waals surface area contributed by atoms with Gasteiger partial charge in [-0.1, -0.05) is 0 Å². The molecule has 0 bridgehead atoms. The number of fused-ring (bicyclic) bond motifs is 1. The number of ether oxygens (including phenoxy) is 1.